The van der Waals surface area contributed by atoms with Gasteiger partial charge in [0.05, 0.1) is 3.79 Å². The summed E-state index contributed by atoms with van der Waals surface area (Å²) in [4.78, 5) is 5.41. The molecule has 1 aromatic carbocycles. The number of nitrogens with one attached hydrogen (secondary N) is 1. The standard InChI is InChI=1S/C14H12BrN3S/c15-14-4-1-9(19-14)7-18-13-3-2-12(16)11-8-17-6-5-10(11)13/h1-6,8,18H,7,16H2. The van der Waals surface area contributed by atoms with Gasteiger partial charge >= 0.3 is 0 Å². The Labute approximate surface area is 123 Å². The Morgan fingerprint density at radius 3 is 2.84 bits per heavy atom. The van der Waals surface area contributed by atoms with E-state index in [-0.39, 0.29) is 0 Å². The average Bonchev–Trinajstić information content (AvgIpc) is 2.84. The number of fused-ring (bicyclic) bond motifs is 1. The Morgan fingerprint density at radius 2 is 2.05 bits per heavy atom. The quantitative estimate of drug-likeness (QED) is 0.704. The lowest BCUT2D eigenvalue weighted by molar-refractivity contribution is 1.20. The van der Waals surface area contributed by atoms with E-state index < -0.39 is 0 Å². The molecule has 3 N–H and O–H groups in total. The van der Waals surface area contributed by atoms with Crippen LogP contribution in [0.2, 0.25) is 0 Å². The molecule has 2 heterocycles. The number of hydrogen-bond acceptors (Lipinski definition) is 4. The lowest BCUT2D eigenvalue weighted by atomic mass is 10.1. The molecule has 0 fully saturated rings. The smallest absolute Gasteiger partial charge is 0.0702 e. The maximum atomic E-state index is 5.96. The first kappa shape index (κ1) is 12.4. The highest BCUT2D eigenvalue weighted by Gasteiger charge is 2.04. The van der Waals surface area contributed by atoms with Crippen LogP contribution in [0, 0.1) is 0 Å². The summed E-state index contributed by atoms with van der Waals surface area (Å²) in [6.07, 6.45) is 3.59. The molecule has 0 saturated carbocycles. The zero-order valence-electron chi connectivity index (χ0n) is 10.1. The second-order valence-corrected chi connectivity index (χ2v) is 6.73. The van der Waals surface area contributed by atoms with Crippen LogP contribution in [0.15, 0.2) is 46.5 Å². The molecule has 0 saturated heterocycles. The predicted octanol–water partition coefficient (Wildman–Crippen LogP) is 4.25. The zero-order valence-corrected chi connectivity index (χ0v) is 12.5. The van der Waals surface area contributed by atoms with Gasteiger partial charge in [0.15, 0.2) is 0 Å². The zero-order chi connectivity index (χ0) is 13.2. The molecule has 0 amide bonds. The fourth-order valence-corrected chi connectivity index (χ4v) is 3.42. The number of nitrogens with two attached hydrogens (primary N) is 1. The highest BCUT2D eigenvalue weighted by Crippen LogP contribution is 2.29. The Balaban J connectivity index is 1.91. The summed E-state index contributed by atoms with van der Waals surface area (Å²) in [5.74, 6) is 0. The number of rotatable bonds is 3. The maximum Gasteiger partial charge on any atom is 0.0702 e. The lowest BCUT2D eigenvalue weighted by Gasteiger charge is -2.10. The minimum absolute atomic E-state index is 0.757. The highest BCUT2D eigenvalue weighted by molar-refractivity contribution is 9.11. The number of aromatic nitrogens is 1. The van der Waals surface area contributed by atoms with Gasteiger partial charge in [0.2, 0.25) is 0 Å². The summed E-state index contributed by atoms with van der Waals surface area (Å²) < 4.78 is 1.15. The van der Waals surface area contributed by atoms with Crippen LogP contribution >= 0.6 is 27.3 Å². The fourth-order valence-electron chi connectivity index (χ4n) is 2.00. The summed E-state index contributed by atoms with van der Waals surface area (Å²) in [7, 11) is 0. The molecule has 0 aliphatic carbocycles. The lowest BCUT2D eigenvalue weighted by Crippen LogP contribution is -1.99. The van der Waals surface area contributed by atoms with Gasteiger partial charge in [0.25, 0.3) is 0 Å². The van der Waals surface area contributed by atoms with E-state index in [2.05, 4.69) is 38.4 Å². The molecule has 0 unspecified atom stereocenters. The van der Waals surface area contributed by atoms with Crippen LogP contribution < -0.4 is 11.1 Å². The monoisotopic (exact) mass is 333 g/mol. The third-order valence-corrected chi connectivity index (χ3v) is 4.56. The summed E-state index contributed by atoms with van der Waals surface area (Å²) in [5.41, 5.74) is 7.80. The van der Waals surface area contributed by atoms with E-state index in [0.717, 1.165) is 32.5 Å². The third kappa shape index (κ3) is 2.57. The summed E-state index contributed by atoms with van der Waals surface area (Å²) in [6.45, 7) is 0.803. The Bertz CT molecular complexity index is 724. The normalized spacial score (nSPS) is 10.8. The number of thiophene rings is 1. The fraction of sp³-hybridized carbons (Fsp3) is 0.0714. The van der Waals surface area contributed by atoms with Gasteiger partial charge < -0.3 is 11.1 Å². The first-order valence-electron chi connectivity index (χ1n) is 5.84. The molecule has 0 radical (unpaired) electrons. The number of halogens is 1. The number of anilines is 2. The minimum Gasteiger partial charge on any atom is -0.398 e. The topological polar surface area (TPSA) is 50.9 Å². The van der Waals surface area contributed by atoms with Crippen LogP contribution in [-0.4, -0.2) is 4.98 Å². The number of nitrogens with zero attached hydrogens (tertiary/aromatic N) is 1. The summed E-state index contributed by atoms with van der Waals surface area (Å²) in [6, 6.07) is 10.1. The van der Waals surface area contributed by atoms with E-state index in [1.54, 1.807) is 23.7 Å². The molecular formula is C14H12BrN3S. The van der Waals surface area contributed by atoms with Crippen molar-refractivity contribution in [2.24, 2.45) is 0 Å². The van der Waals surface area contributed by atoms with Gasteiger partial charge in [0.1, 0.15) is 0 Å². The average molecular weight is 334 g/mol. The van der Waals surface area contributed by atoms with Crippen LogP contribution in [0.25, 0.3) is 10.8 Å². The molecule has 19 heavy (non-hydrogen) atoms. The van der Waals surface area contributed by atoms with Crippen molar-refractivity contribution < 1.29 is 0 Å². The van der Waals surface area contributed by atoms with Crippen molar-refractivity contribution in [1.29, 1.82) is 0 Å². The van der Waals surface area contributed by atoms with Crippen molar-refractivity contribution in [3.8, 4) is 0 Å². The molecule has 0 atom stereocenters. The molecule has 3 aromatic rings. The molecule has 0 aliphatic rings. The van der Waals surface area contributed by atoms with Gasteiger partial charge in [-0.05, 0) is 46.3 Å². The number of hydrogen-bond donors (Lipinski definition) is 2. The van der Waals surface area contributed by atoms with Crippen LogP contribution in [-0.2, 0) is 6.54 Å². The van der Waals surface area contributed by atoms with Crippen molar-refractivity contribution in [2.75, 3.05) is 11.1 Å². The molecule has 0 bridgehead atoms. The Kier molecular flexibility index (Phi) is 3.40. The van der Waals surface area contributed by atoms with Crippen LogP contribution in [0.4, 0.5) is 11.4 Å². The molecule has 96 valence electrons. The van der Waals surface area contributed by atoms with Crippen LogP contribution in [0.5, 0.6) is 0 Å². The first-order valence-corrected chi connectivity index (χ1v) is 7.45. The van der Waals surface area contributed by atoms with E-state index in [1.807, 2.05) is 18.2 Å². The van der Waals surface area contributed by atoms with Crippen LogP contribution in [0.1, 0.15) is 4.88 Å². The van der Waals surface area contributed by atoms with Crippen LogP contribution in [0.3, 0.4) is 0 Å². The Morgan fingerprint density at radius 1 is 1.16 bits per heavy atom. The van der Waals surface area contributed by atoms with Gasteiger partial charge in [-0.15, -0.1) is 11.3 Å². The van der Waals surface area contributed by atoms with Gasteiger partial charge in [-0.2, -0.15) is 0 Å². The van der Waals surface area contributed by atoms with Crippen molar-refractivity contribution in [2.45, 2.75) is 6.54 Å². The van der Waals surface area contributed by atoms with E-state index in [1.165, 1.54) is 4.88 Å². The van der Waals surface area contributed by atoms with E-state index in [9.17, 15) is 0 Å². The van der Waals surface area contributed by atoms with Gasteiger partial charge in [-0.25, -0.2) is 0 Å². The van der Waals surface area contributed by atoms with Crippen molar-refractivity contribution >= 4 is 49.4 Å². The predicted molar refractivity (Wildman–Crippen MR) is 85.5 cm³/mol. The van der Waals surface area contributed by atoms with E-state index in [0.29, 0.717) is 0 Å². The molecule has 0 aliphatic heterocycles. The summed E-state index contributed by atoms with van der Waals surface area (Å²) in [5, 5.41) is 5.54. The van der Waals surface area contributed by atoms with Crippen molar-refractivity contribution in [1.82, 2.24) is 4.98 Å². The van der Waals surface area contributed by atoms with Crippen molar-refractivity contribution in [3.63, 3.8) is 0 Å². The molecular weight excluding hydrogens is 322 g/mol. The van der Waals surface area contributed by atoms with Gasteiger partial charge in [-0.3, -0.25) is 4.98 Å². The molecule has 3 rings (SSSR count). The van der Waals surface area contributed by atoms with Gasteiger partial charge in [0, 0.05) is 46.0 Å². The Hall–Kier alpha value is -1.59. The molecule has 3 nitrogen and oxygen atoms in total. The summed E-state index contributed by atoms with van der Waals surface area (Å²) >= 11 is 5.21. The van der Waals surface area contributed by atoms with E-state index >= 15 is 0 Å². The number of pyridine rings is 1. The maximum absolute atomic E-state index is 5.96. The number of nitrogen functional groups attached to an aromatic ring is 1. The van der Waals surface area contributed by atoms with E-state index in [4.69, 9.17) is 5.73 Å². The molecule has 0 spiro atoms. The van der Waals surface area contributed by atoms with Crippen molar-refractivity contribution in [3.05, 3.63) is 51.4 Å². The number of benzene rings is 1. The molecule has 5 heteroatoms. The first-order chi connectivity index (χ1) is 9.24. The van der Waals surface area contributed by atoms with Gasteiger partial charge in [-0.1, -0.05) is 0 Å². The second-order valence-electron chi connectivity index (χ2n) is 4.18. The highest BCUT2D eigenvalue weighted by atomic mass is 79.9. The second kappa shape index (κ2) is 5.19. The third-order valence-electron chi connectivity index (χ3n) is 2.93. The minimum atomic E-state index is 0.757. The largest absolute Gasteiger partial charge is 0.398 e. The SMILES string of the molecule is Nc1ccc(NCc2ccc(Br)s2)c2ccncc12. The molecule has 2 aromatic heterocycles.